The normalized spacial score (nSPS) is 19.6. The fourth-order valence-electron chi connectivity index (χ4n) is 4.34. The minimum atomic E-state index is -1.15. The van der Waals surface area contributed by atoms with Gasteiger partial charge in [0, 0.05) is 31.5 Å². The molecule has 1 aliphatic carbocycles. The highest BCUT2D eigenvalue weighted by atomic mass is 16.5. The number of aliphatic hydroxyl groups is 1. The van der Waals surface area contributed by atoms with Gasteiger partial charge in [0.2, 0.25) is 5.91 Å². The number of hydrogen-bond acceptors (Lipinski definition) is 5. The number of hydrogen-bond donors (Lipinski definition) is 3. The summed E-state index contributed by atoms with van der Waals surface area (Å²) in [7, 11) is 0. The summed E-state index contributed by atoms with van der Waals surface area (Å²) >= 11 is 0. The number of carboxylic acids is 1. The molecule has 166 valence electrons. The van der Waals surface area contributed by atoms with Crippen molar-refractivity contribution in [3.63, 3.8) is 0 Å². The van der Waals surface area contributed by atoms with Crippen molar-refractivity contribution in [1.29, 1.82) is 0 Å². The van der Waals surface area contributed by atoms with E-state index in [-0.39, 0.29) is 32.0 Å². The number of carbonyl (C=O) groups is 3. The molecule has 0 spiro atoms. The number of β-amino-alcohol motifs (C(OH)–C–C–N with tert-alkyl or cyclic N) is 1. The molecule has 1 saturated heterocycles. The van der Waals surface area contributed by atoms with Crippen LogP contribution in [0.25, 0.3) is 11.1 Å². The van der Waals surface area contributed by atoms with E-state index in [0.717, 1.165) is 27.2 Å². The van der Waals surface area contributed by atoms with Gasteiger partial charge in [-0.2, -0.15) is 0 Å². The van der Waals surface area contributed by atoms with Crippen LogP contribution < -0.4 is 5.32 Å². The third kappa shape index (κ3) is 4.36. The molecule has 1 aliphatic heterocycles. The zero-order chi connectivity index (χ0) is 22.7. The summed E-state index contributed by atoms with van der Waals surface area (Å²) in [6.07, 6.45) is 1.16. The average Bonchev–Trinajstić information content (AvgIpc) is 3.34. The van der Waals surface area contributed by atoms with Crippen LogP contribution in [0, 0.1) is 0 Å². The van der Waals surface area contributed by atoms with Crippen molar-refractivity contribution in [2.75, 3.05) is 19.7 Å². The summed E-state index contributed by atoms with van der Waals surface area (Å²) in [6, 6.07) is 15.1. The number of nitrogens with zero attached hydrogens (tertiary/aromatic N) is 1. The van der Waals surface area contributed by atoms with Gasteiger partial charge in [-0.25, -0.2) is 9.59 Å². The monoisotopic (exact) mass is 436 g/mol. The Morgan fingerprint density at radius 1 is 1.06 bits per heavy atom. The van der Waals surface area contributed by atoms with E-state index < -0.39 is 30.1 Å². The average molecular weight is 436 g/mol. The number of rotatable bonds is 6. The van der Waals surface area contributed by atoms with Crippen molar-refractivity contribution in [3.8, 4) is 11.1 Å². The van der Waals surface area contributed by atoms with Crippen LogP contribution >= 0.6 is 0 Å². The Bertz CT molecular complexity index is 1020. The number of aliphatic hydroxyl groups excluding tert-OH is 1. The minimum Gasteiger partial charge on any atom is -0.480 e. The molecule has 4 rings (SSSR count). The first-order valence-electron chi connectivity index (χ1n) is 10.4. The van der Waals surface area contributed by atoms with Crippen molar-refractivity contribution in [3.05, 3.63) is 71.8 Å². The number of alkyl carbamates (subject to hydrolysis) is 1. The molecule has 8 nitrogen and oxygen atoms in total. The maximum Gasteiger partial charge on any atom is 0.407 e. The molecule has 3 N–H and O–H groups in total. The number of carbonyl (C=O) groups excluding carboxylic acids is 2. The quantitative estimate of drug-likeness (QED) is 0.598. The first-order valence-corrected chi connectivity index (χ1v) is 10.4. The summed E-state index contributed by atoms with van der Waals surface area (Å²) < 4.78 is 5.42. The second-order valence-corrected chi connectivity index (χ2v) is 7.84. The van der Waals surface area contributed by atoms with Crippen LogP contribution in [-0.4, -0.2) is 64.9 Å². The maximum absolute atomic E-state index is 12.2. The van der Waals surface area contributed by atoms with Crippen LogP contribution in [-0.2, 0) is 14.3 Å². The first kappa shape index (κ1) is 21.6. The van der Waals surface area contributed by atoms with E-state index in [1.54, 1.807) is 0 Å². The summed E-state index contributed by atoms with van der Waals surface area (Å²) in [5.74, 6) is -1.72. The highest BCUT2D eigenvalue weighted by Gasteiger charge is 2.38. The zero-order valence-corrected chi connectivity index (χ0v) is 17.3. The molecule has 0 aromatic heterocycles. The summed E-state index contributed by atoms with van der Waals surface area (Å²) in [5, 5.41) is 21.4. The molecule has 1 unspecified atom stereocenters. The van der Waals surface area contributed by atoms with Crippen molar-refractivity contribution < 1.29 is 29.3 Å². The molecular weight excluding hydrogens is 412 g/mol. The summed E-state index contributed by atoms with van der Waals surface area (Å²) in [5.41, 5.74) is 4.52. The van der Waals surface area contributed by atoms with Gasteiger partial charge in [0.25, 0.3) is 0 Å². The fourth-order valence-corrected chi connectivity index (χ4v) is 4.34. The van der Waals surface area contributed by atoms with Gasteiger partial charge in [0.15, 0.2) is 0 Å². The lowest BCUT2D eigenvalue weighted by molar-refractivity contribution is -0.146. The number of carboxylic acid groups (broad SMARTS) is 1. The lowest BCUT2D eigenvalue weighted by atomic mass is 9.98. The lowest BCUT2D eigenvalue weighted by Crippen LogP contribution is -2.39. The molecule has 0 bridgehead atoms. The van der Waals surface area contributed by atoms with Crippen molar-refractivity contribution >= 4 is 18.0 Å². The van der Waals surface area contributed by atoms with E-state index in [1.807, 2.05) is 36.4 Å². The molecule has 2 aromatic rings. The number of benzene rings is 2. The molecule has 2 aliphatic rings. The number of amides is 2. The topological polar surface area (TPSA) is 116 Å². The van der Waals surface area contributed by atoms with E-state index in [0.29, 0.717) is 0 Å². The third-order valence-electron chi connectivity index (χ3n) is 5.82. The highest BCUT2D eigenvalue weighted by Crippen LogP contribution is 2.44. The molecule has 0 saturated carbocycles. The number of nitrogens with one attached hydrogen (secondary N) is 1. The van der Waals surface area contributed by atoms with Gasteiger partial charge in [0.1, 0.15) is 12.6 Å². The smallest absolute Gasteiger partial charge is 0.407 e. The second kappa shape index (κ2) is 9.23. The number of fused-ring (bicyclic) bond motifs is 3. The van der Waals surface area contributed by atoms with Crippen molar-refractivity contribution in [1.82, 2.24) is 10.2 Å². The van der Waals surface area contributed by atoms with Crippen LogP contribution in [0.2, 0.25) is 0 Å². The number of aliphatic carboxylic acids is 1. The van der Waals surface area contributed by atoms with Crippen molar-refractivity contribution in [2.24, 2.45) is 0 Å². The van der Waals surface area contributed by atoms with Crippen LogP contribution in [0.5, 0.6) is 0 Å². The van der Waals surface area contributed by atoms with Gasteiger partial charge in [-0.3, -0.25) is 4.79 Å². The molecule has 32 heavy (non-hydrogen) atoms. The molecule has 2 amide bonds. The Morgan fingerprint density at radius 3 is 2.31 bits per heavy atom. The summed E-state index contributed by atoms with van der Waals surface area (Å²) in [4.78, 5) is 36.7. The fraction of sp³-hybridized carbons (Fsp3) is 0.292. The molecule has 1 heterocycles. The van der Waals surface area contributed by atoms with E-state index >= 15 is 0 Å². The molecule has 1 fully saturated rings. The Kier molecular flexibility index (Phi) is 6.23. The van der Waals surface area contributed by atoms with Gasteiger partial charge in [-0.1, -0.05) is 54.6 Å². The van der Waals surface area contributed by atoms with Crippen LogP contribution in [0.15, 0.2) is 60.7 Å². The van der Waals surface area contributed by atoms with Gasteiger partial charge >= 0.3 is 12.1 Å². The van der Waals surface area contributed by atoms with Crippen LogP contribution in [0.4, 0.5) is 4.79 Å². The van der Waals surface area contributed by atoms with Crippen LogP contribution in [0.1, 0.15) is 23.5 Å². The molecule has 2 atom stereocenters. The Labute approximate surface area is 185 Å². The van der Waals surface area contributed by atoms with Gasteiger partial charge < -0.3 is 25.2 Å². The number of likely N-dealkylation sites (tertiary alicyclic amines) is 1. The van der Waals surface area contributed by atoms with Crippen molar-refractivity contribution in [2.45, 2.75) is 24.5 Å². The molecule has 2 aromatic carbocycles. The standard InChI is InChI=1S/C24H24N2O6/c27-15-12-21(23(29)30)26(13-15)22(28)10-5-11-25-24(31)32-14-20-18-8-3-1-6-16(18)17-7-2-4-9-19(17)20/h1-10,15,20-21,27H,11-14H2,(H,25,31)(H,29,30)/b10-5+/t15?,21-/m0/s1. The lowest BCUT2D eigenvalue weighted by Gasteiger charge is -2.19. The van der Waals surface area contributed by atoms with Gasteiger partial charge in [0.05, 0.1) is 6.10 Å². The third-order valence-corrected chi connectivity index (χ3v) is 5.82. The Hall–Kier alpha value is -3.65. The first-order chi connectivity index (χ1) is 15.5. The Balaban J connectivity index is 1.28. The highest BCUT2D eigenvalue weighted by molar-refractivity contribution is 5.91. The molecular formula is C24H24N2O6. The zero-order valence-electron chi connectivity index (χ0n) is 17.3. The van der Waals surface area contributed by atoms with E-state index in [2.05, 4.69) is 17.4 Å². The van der Waals surface area contributed by atoms with Crippen LogP contribution in [0.3, 0.4) is 0 Å². The predicted octanol–water partition coefficient (Wildman–Crippen LogP) is 2.13. The number of ether oxygens (including phenoxy) is 1. The molecule has 0 radical (unpaired) electrons. The Morgan fingerprint density at radius 2 is 1.69 bits per heavy atom. The minimum absolute atomic E-state index is 0.00686. The molecule has 8 heteroatoms. The SMILES string of the molecule is O=C(NC/C=C/C(=O)N1CC(O)C[C@H]1C(=O)O)OCC1c2ccccc2-c2ccccc21. The van der Waals surface area contributed by atoms with Gasteiger partial charge in [-0.15, -0.1) is 0 Å². The van der Waals surface area contributed by atoms with E-state index in [9.17, 15) is 19.5 Å². The van der Waals surface area contributed by atoms with E-state index in [4.69, 9.17) is 9.84 Å². The van der Waals surface area contributed by atoms with E-state index in [1.165, 1.54) is 12.2 Å². The predicted molar refractivity (Wildman–Crippen MR) is 116 cm³/mol. The second-order valence-electron chi connectivity index (χ2n) is 7.84. The van der Waals surface area contributed by atoms with Gasteiger partial charge in [-0.05, 0) is 22.3 Å². The maximum atomic E-state index is 12.2. The summed E-state index contributed by atoms with van der Waals surface area (Å²) in [6.45, 7) is 0.213. The largest absolute Gasteiger partial charge is 0.480 e.